The van der Waals surface area contributed by atoms with Crippen molar-refractivity contribution in [3.63, 3.8) is 0 Å². The molecule has 0 amide bonds. The summed E-state index contributed by atoms with van der Waals surface area (Å²) in [6.07, 6.45) is 0. The van der Waals surface area contributed by atoms with E-state index < -0.39 is 5.97 Å². The second kappa shape index (κ2) is 6.31. The van der Waals surface area contributed by atoms with Gasteiger partial charge < -0.3 is 14.4 Å². The number of nitrogens with zero attached hydrogens (tertiary/aromatic N) is 1. The van der Waals surface area contributed by atoms with Gasteiger partial charge in [-0.15, -0.1) is 0 Å². The van der Waals surface area contributed by atoms with Crippen molar-refractivity contribution >= 4 is 16.9 Å². The summed E-state index contributed by atoms with van der Waals surface area (Å²) >= 11 is 0. The third-order valence-corrected chi connectivity index (χ3v) is 3.67. The van der Waals surface area contributed by atoms with Crippen LogP contribution in [0, 0.1) is 6.92 Å². The van der Waals surface area contributed by atoms with Crippen molar-refractivity contribution < 1.29 is 14.6 Å². The fourth-order valence-electron chi connectivity index (χ4n) is 2.75. The van der Waals surface area contributed by atoms with Gasteiger partial charge >= 0.3 is 5.97 Å². The number of carboxylic acid groups (broad SMARTS) is 1. The number of rotatable bonds is 6. The Kier molecular flexibility index (Phi) is 4.68. The third kappa shape index (κ3) is 3.10. The van der Waals surface area contributed by atoms with Crippen LogP contribution in [0.2, 0.25) is 0 Å². The summed E-state index contributed by atoms with van der Waals surface area (Å²) < 4.78 is 7.28. The number of aryl methyl sites for hydroxylation is 1. The SMILES string of the molecule is CCOCCn1c(C(=O)O)cc2cc(C)cc(C(C)C)c21. The van der Waals surface area contributed by atoms with Crippen LogP contribution in [0.15, 0.2) is 18.2 Å². The van der Waals surface area contributed by atoms with E-state index in [1.807, 2.05) is 24.5 Å². The van der Waals surface area contributed by atoms with Crippen molar-refractivity contribution in [1.29, 1.82) is 0 Å². The summed E-state index contributed by atoms with van der Waals surface area (Å²) in [7, 11) is 0. The Morgan fingerprint density at radius 3 is 2.62 bits per heavy atom. The summed E-state index contributed by atoms with van der Waals surface area (Å²) in [5, 5.41) is 10.5. The molecule has 0 spiro atoms. The minimum absolute atomic E-state index is 0.331. The normalized spacial score (nSPS) is 11.5. The standard InChI is InChI=1S/C17H23NO3/c1-5-21-7-6-18-15(17(19)20)10-13-8-12(4)9-14(11(2)3)16(13)18/h8-11H,5-7H2,1-4H3,(H,19,20). The third-order valence-electron chi connectivity index (χ3n) is 3.67. The van der Waals surface area contributed by atoms with E-state index in [1.54, 1.807) is 6.07 Å². The maximum Gasteiger partial charge on any atom is 0.352 e. The van der Waals surface area contributed by atoms with Gasteiger partial charge in [-0.1, -0.05) is 25.5 Å². The summed E-state index contributed by atoms with van der Waals surface area (Å²) in [5.74, 6) is -0.551. The predicted octanol–water partition coefficient (Wildman–Crippen LogP) is 3.81. The van der Waals surface area contributed by atoms with Gasteiger partial charge in [-0.05, 0) is 37.5 Å². The number of benzene rings is 1. The van der Waals surface area contributed by atoms with E-state index in [0.717, 1.165) is 16.5 Å². The largest absolute Gasteiger partial charge is 0.477 e. The number of fused-ring (bicyclic) bond motifs is 1. The molecule has 0 saturated carbocycles. The van der Waals surface area contributed by atoms with Gasteiger partial charge in [-0.25, -0.2) is 4.79 Å². The molecule has 0 unspecified atom stereocenters. The van der Waals surface area contributed by atoms with Crippen molar-refractivity contribution in [2.45, 2.75) is 40.2 Å². The van der Waals surface area contributed by atoms with Gasteiger partial charge in [0.2, 0.25) is 0 Å². The molecular formula is C17H23NO3. The van der Waals surface area contributed by atoms with E-state index in [0.29, 0.717) is 31.4 Å². The van der Waals surface area contributed by atoms with Crippen LogP contribution in [0.5, 0.6) is 0 Å². The average molecular weight is 289 g/mol. The first-order valence-electron chi connectivity index (χ1n) is 7.40. The first-order valence-corrected chi connectivity index (χ1v) is 7.40. The first kappa shape index (κ1) is 15.6. The lowest BCUT2D eigenvalue weighted by molar-refractivity contribution is 0.0682. The molecule has 1 aromatic heterocycles. The maximum atomic E-state index is 11.5. The molecule has 0 aliphatic rings. The summed E-state index contributed by atoms with van der Waals surface area (Å²) in [6, 6.07) is 5.96. The van der Waals surface area contributed by atoms with Crippen molar-refractivity contribution in [3.8, 4) is 0 Å². The molecule has 4 nitrogen and oxygen atoms in total. The van der Waals surface area contributed by atoms with Crippen LogP contribution in [-0.4, -0.2) is 28.9 Å². The zero-order chi connectivity index (χ0) is 15.6. The van der Waals surface area contributed by atoms with Crippen molar-refractivity contribution in [2.24, 2.45) is 0 Å². The Labute approximate surface area is 125 Å². The lowest BCUT2D eigenvalue weighted by atomic mass is 9.98. The van der Waals surface area contributed by atoms with E-state index in [9.17, 15) is 9.90 Å². The van der Waals surface area contributed by atoms with Crippen molar-refractivity contribution in [1.82, 2.24) is 4.57 Å². The highest BCUT2D eigenvalue weighted by Gasteiger charge is 2.18. The molecule has 0 bridgehead atoms. The van der Waals surface area contributed by atoms with E-state index in [4.69, 9.17) is 4.74 Å². The maximum absolute atomic E-state index is 11.5. The van der Waals surface area contributed by atoms with Gasteiger partial charge in [0.25, 0.3) is 0 Å². The van der Waals surface area contributed by atoms with E-state index in [1.165, 1.54) is 5.56 Å². The monoisotopic (exact) mass is 289 g/mol. The lowest BCUT2D eigenvalue weighted by Crippen LogP contribution is -2.13. The fourth-order valence-corrected chi connectivity index (χ4v) is 2.75. The van der Waals surface area contributed by atoms with Gasteiger partial charge in [0, 0.05) is 18.5 Å². The highest BCUT2D eigenvalue weighted by atomic mass is 16.5. The Morgan fingerprint density at radius 1 is 1.33 bits per heavy atom. The van der Waals surface area contributed by atoms with Gasteiger partial charge in [-0.2, -0.15) is 0 Å². The van der Waals surface area contributed by atoms with Crippen molar-refractivity contribution in [2.75, 3.05) is 13.2 Å². The van der Waals surface area contributed by atoms with Gasteiger partial charge in [0.1, 0.15) is 5.69 Å². The average Bonchev–Trinajstić information content (AvgIpc) is 2.76. The van der Waals surface area contributed by atoms with Crippen LogP contribution in [0.25, 0.3) is 10.9 Å². The van der Waals surface area contributed by atoms with Crippen LogP contribution in [-0.2, 0) is 11.3 Å². The van der Waals surface area contributed by atoms with Crippen LogP contribution in [0.1, 0.15) is 48.3 Å². The van der Waals surface area contributed by atoms with Gasteiger partial charge in [-0.3, -0.25) is 0 Å². The zero-order valence-corrected chi connectivity index (χ0v) is 13.1. The van der Waals surface area contributed by atoms with E-state index >= 15 is 0 Å². The smallest absolute Gasteiger partial charge is 0.352 e. The number of hydrogen-bond donors (Lipinski definition) is 1. The first-order chi connectivity index (χ1) is 9.95. The number of hydrogen-bond acceptors (Lipinski definition) is 2. The molecule has 2 rings (SSSR count). The minimum Gasteiger partial charge on any atom is -0.477 e. The Hall–Kier alpha value is -1.81. The number of ether oxygens (including phenoxy) is 1. The Bertz CT molecular complexity index is 656. The van der Waals surface area contributed by atoms with Crippen LogP contribution < -0.4 is 0 Å². The predicted molar refractivity (Wildman–Crippen MR) is 84.2 cm³/mol. The highest BCUT2D eigenvalue weighted by molar-refractivity contribution is 5.96. The number of carbonyl (C=O) groups is 1. The second-order valence-electron chi connectivity index (χ2n) is 5.63. The van der Waals surface area contributed by atoms with Crippen LogP contribution in [0.4, 0.5) is 0 Å². The molecule has 21 heavy (non-hydrogen) atoms. The molecule has 0 aliphatic heterocycles. The molecule has 1 aromatic carbocycles. The summed E-state index contributed by atoms with van der Waals surface area (Å²) in [4.78, 5) is 11.5. The zero-order valence-electron chi connectivity index (χ0n) is 13.1. The van der Waals surface area contributed by atoms with E-state index in [2.05, 4.69) is 19.9 Å². The summed E-state index contributed by atoms with van der Waals surface area (Å²) in [5.41, 5.74) is 3.70. The molecule has 0 aliphatic carbocycles. The van der Waals surface area contributed by atoms with Gasteiger partial charge in [0.15, 0.2) is 0 Å². The number of aromatic nitrogens is 1. The lowest BCUT2D eigenvalue weighted by Gasteiger charge is -2.14. The van der Waals surface area contributed by atoms with Gasteiger partial charge in [0.05, 0.1) is 12.1 Å². The Morgan fingerprint density at radius 2 is 2.05 bits per heavy atom. The van der Waals surface area contributed by atoms with Crippen LogP contribution >= 0.6 is 0 Å². The molecule has 114 valence electrons. The molecule has 0 atom stereocenters. The molecule has 2 aromatic rings. The van der Waals surface area contributed by atoms with Crippen molar-refractivity contribution in [3.05, 3.63) is 35.0 Å². The molecular weight excluding hydrogens is 266 g/mol. The van der Waals surface area contributed by atoms with E-state index in [-0.39, 0.29) is 0 Å². The quantitative estimate of drug-likeness (QED) is 0.823. The molecule has 1 N–H and O–H groups in total. The highest BCUT2D eigenvalue weighted by Crippen LogP contribution is 2.30. The second-order valence-corrected chi connectivity index (χ2v) is 5.63. The molecule has 0 radical (unpaired) electrons. The topological polar surface area (TPSA) is 51.5 Å². The number of carboxylic acids is 1. The number of aromatic carboxylic acids is 1. The van der Waals surface area contributed by atoms with Crippen LogP contribution in [0.3, 0.4) is 0 Å². The summed E-state index contributed by atoms with van der Waals surface area (Å²) in [6.45, 7) is 9.96. The molecule has 0 fully saturated rings. The minimum atomic E-state index is -0.893. The molecule has 1 heterocycles. The molecule has 0 saturated heterocycles. The molecule has 4 heteroatoms. The Balaban J connectivity index is 2.65. The fraction of sp³-hybridized carbons (Fsp3) is 0.471.